The highest BCUT2D eigenvalue weighted by Crippen LogP contribution is 2.25. The molecule has 0 fully saturated rings. The van der Waals surface area contributed by atoms with E-state index in [1.807, 2.05) is 24.5 Å². The molecule has 0 atom stereocenters. The first-order valence-electron chi connectivity index (χ1n) is 4.72. The third-order valence-corrected chi connectivity index (χ3v) is 2.32. The molecule has 74 valence electrons. The van der Waals surface area contributed by atoms with Crippen LogP contribution in [0, 0.1) is 0 Å². The van der Waals surface area contributed by atoms with E-state index in [9.17, 15) is 0 Å². The van der Waals surface area contributed by atoms with Gasteiger partial charge in [-0.05, 0) is 32.9 Å². The lowest BCUT2D eigenvalue weighted by Gasteiger charge is -2.22. The first kappa shape index (κ1) is 9.06. The Hall–Kier alpha value is -1.51. The van der Waals surface area contributed by atoms with Gasteiger partial charge < -0.3 is 10.3 Å². The molecule has 0 unspecified atom stereocenters. The van der Waals surface area contributed by atoms with Crippen LogP contribution in [-0.4, -0.2) is 9.55 Å². The molecule has 3 nitrogen and oxygen atoms in total. The highest BCUT2D eigenvalue weighted by atomic mass is 15.1. The summed E-state index contributed by atoms with van der Waals surface area (Å²) in [6.45, 7) is 6.42. The van der Waals surface area contributed by atoms with E-state index in [0.717, 1.165) is 16.7 Å². The van der Waals surface area contributed by atoms with E-state index in [4.69, 9.17) is 5.73 Å². The van der Waals surface area contributed by atoms with Gasteiger partial charge in [0.25, 0.3) is 0 Å². The van der Waals surface area contributed by atoms with Crippen LogP contribution in [0.5, 0.6) is 0 Å². The predicted molar refractivity (Wildman–Crippen MR) is 59.1 cm³/mol. The summed E-state index contributed by atoms with van der Waals surface area (Å²) in [7, 11) is 0. The molecule has 0 bridgehead atoms. The monoisotopic (exact) mass is 189 g/mol. The SMILES string of the molecule is CC(C)(C)n1cnc2cccc(N)c21. The summed E-state index contributed by atoms with van der Waals surface area (Å²) in [6.07, 6.45) is 1.85. The van der Waals surface area contributed by atoms with E-state index >= 15 is 0 Å². The van der Waals surface area contributed by atoms with Gasteiger partial charge >= 0.3 is 0 Å². The molecule has 2 aromatic rings. The second-order valence-corrected chi connectivity index (χ2v) is 4.50. The molecule has 14 heavy (non-hydrogen) atoms. The molecule has 0 amide bonds. The van der Waals surface area contributed by atoms with E-state index in [-0.39, 0.29) is 5.54 Å². The minimum Gasteiger partial charge on any atom is -0.397 e. The standard InChI is InChI=1S/C11H15N3/c1-11(2,3)14-7-13-9-6-4-5-8(12)10(9)14/h4-7H,12H2,1-3H3. The number of hydrogen-bond acceptors (Lipinski definition) is 2. The zero-order chi connectivity index (χ0) is 10.3. The third-order valence-electron chi connectivity index (χ3n) is 2.32. The number of rotatable bonds is 0. The second kappa shape index (κ2) is 2.74. The van der Waals surface area contributed by atoms with Crippen LogP contribution in [0.25, 0.3) is 11.0 Å². The molecule has 3 heteroatoms. The van der Waals surface area contributed by atoms with Gasteiger partial charge in [-0.25, -0.2) is 4.98 Å². The molecule has 1 heterocycles. The zero-order valence-corrected chi connectivity index (χ0v) is 8.78. The van der Waals surface area contributed by atoms with Crippen LogP contribution in [-0.2, 0) is 5.54 Å². The van der Waals surface area contributed by atoms with Crippen molar-refractivity contribution in [1.82, 2.24) is 9.55 Å². The maximum Gasteiger partial charge on any atom is 0.0963 e. The van der Waals surface area contributed by atoms with E-state index in [1.54, 1.807) is 0 Å². The van der Waals surface area contributed by atoms with Crippen LogP contribution in [0.2, 0.25) is 0 Å². The predicted octanol–water partition coefficient (Wildman–Crippen LogP) is 2.37. The minimum absolute atomic E-state index is 0.0181. The smallest absolute Gasteiger partial charge is 0.0963 e. The Kier molecular flexibility index (Phi) is 1.77. The van der Waals surface area contributed by atoms with Crippen LogP contribution < -0.4 is 5.73 Å². The summed E-state index contributed by atoms with van der Waals surface area (Å²) in [5.41, 5.74) is 8.73. The van der Waals surface area contributed by atoms with Gasteiger partial charge in [-0.1, -0.05) is 6.07 Å². The van der Waals surface area contributed by atoms with Gasteiger partial charge in [0.2, 0.25) is 0 Å². The van der Waals surface area contributed by atoms with E-state index in [0.29, 0.717) is 0 Å². The number of fused-ring (bicyclic) bond motifs is 1. The van der Waals surface area contributed by atoms with Crippen LogP contribution >= 0.6 is 0 Å². The first-order chi connectivity index (χ1) is 6.50. The number of para-hydroxylation sites is 1. The Labute approximate surface area is 83.6 Å². The Morgan fingerprint density at radius 1 is 1.29 bits per heavy atom. The van der Waals surface area contributed by atoms with E-state index < -0.39 is 0 Å². The Balaban J connectivity index is 2.80. The zero-order valence-electron chi connectivity index (χ0n) is 8.78. The summed E-state index contributed by atoms with van der Waals surface area (Å²) in [5.74, 6) is 0. The average Bonchev–Trinajstić information content (AvgIpc) is 2.47. The van der Waals surface area contributed by atoms with Crippen molar-refractivity contribution in [3.05, 3.63) is 24.5 Å². The molecule has 0 saturated heterocycles. The van der Waals surface area contributed by atoms with Crippen molar-refractivity contribution >= 4 is 16.7 Å². The number of aromatic nitrogens is 2. The molecule has 0 aliphatic heterocycles. The van der Waals surface area contributed by atoms with E-state index in [2.05, 4.69) is 30.3 Å². The van der Waals surface area contributed by atoms with Gasteiger partial charge in [0.1, 0.15) is 0 Å². The van der Waals surface area contributed by atoms with Crippen LogP contribution in [0.1, 0.15) is 20.8 Å². The van der Waals surface area contributed by atoms with Crippen molar-refractivity contribution in [3.8, 4) is 0 Å². The van der Waals surface area contributed by atoms with E-state index in [1.165, 1.54) is 0 Å². The fourth-order valence-corrected chi connectivity index (χ4v) is 1.60. The number of imidazole rings is 1. The maximum absolute atomic E-state index is 5.94. The van der Waals surface area contributed by atoms with Gasteiger partial charge in [0.15, 0.2) is 0 Å². The third kappa shape index (κ3) is 1.25. The van der Waals surface area contributed by atoms with Crippen molar-refractivity contribution in [2.24, 2.45) is 0 Å². The average molecular weight is 189 g/mol. The summed E-state index contributed by atoms with van der Waals surface area (Å²) < 4.78 is 2.11. The Morgan fingerprint density at radius 2 is 2.00 bits per heavy atom. The van der Waals surface area contributed by atoms with Crippen molar-refractivity contribution in [2.75, 3.05) is 5.73 Å². The Morgan fingerprint density at radius 3 is 2.64 bits per heavy atom. The molecule has 0 aliphatic rings. The highest BCUT2D eigenvalue weighted by Gasteiger charge is 2.16. The normalized spacial score (nSPS) is 12.2. The largest absolute Gasteiger partial charge is 0.397 e. The molecule has 0 radical (unpaired) electrons. The molecule has 0 spiro atoms. The molecular formula is C11H15N3. The molecule has 0 aliphatic carbocycles. The van der Waals surface area contributed by atoms with Crippen molar-refractivity contribution in [2.45, 2.75) is 26.3 Å². The van der Waals surface area contributed by atoms with Crippen molar-refractivity contribution < 1.29 is 0 Å². The first-order valence-corrected chi connectivity index (χ1v) is 4.72. The number of hydrogen-bond donors (Lipinski definition) is 1. The topological polar surface area (TPSA) is 43.8 Å². The lowest BCUT2D eigenvalue weighted by atomic mass is 10.1. The molecule has 1 aromatic heterocycles. The van der Waals surface area contributed by atoms with Gasteiger partial charge in [-0.15, -0.1) is 0 Å². The molecule has 2 rings (SSSR count). The minimum atomic E-state index is 0.0181. The molecule has 2 N–H and O–H groups in total. The lowest BCUT2D eigenvalue weighted by Crippen LogP contribution is -2.20. The fraction of sp³-hybridized carbons (Fsp3) is 0.364. The van der Waals surface area contributed by atoms with Crippen LogP contribution in [0.4, 0.5) is 5.69 Å². The fourth-order valence-electron chi connectivity index (χ4n) is 1.60. The maximum atomic E-state index is 5.94. The number of nitrogens with zero attached hydrogens (tertiary/aromatic N) is 2. The highest BCUT2D eigenvalue weighted by molar-refractivity contribution is 5.87. The van der Waals surface area contributed by atoms with Crippen LogP contribution in [0.15, 0.2) is 24.5 Å². The molecular weight excluding hydrogens is 174 g/mol. The number of nitrogen functional groups attached to an aromatic ring is 1. The number of nitrogens with two attached hydrogens (primary N) is 1. The summed E-state index contributed by atoms with van der Waals surface area (Å²) in [6, 6.07) is 5.82. The molecule has 1 aromatic carbocycles. The van der Waals surface area contributed by atoms with Gasteiger partial charge in [0.05, 0.1) is 23.0 Å². The quantitative estimate of drug-likeness (QED) is 0.646. The number of benzene rings is 1. The van der Waals surface area contributed by atoms with Gasteiger partial charge in [-0.2, -0.15) is 0 Å². The van der Waals surface area contributed by atoms with Crippen molar-refractivity contribution in [3.63, 3.8) is 0 Å². The second-order valence-electron chi connectivity index (χ2n) is 4.50. The van der Waals surface area contributed by atoms with Gasteiger partial charge in [0, 0.05) is 5.54 Å². The summed E-state index contributed by atoms with van der Waals surface area (Å²) in [5, 5.41) is 0. The Bertz CT molecular complexity index is 463. The van der Waals surface area contributed by atoms with Crippen molar-refractivity contribution in [1.29, 1.82) is 0 Å². The summed E-state index contributed by atoms with van der Waals surface area (Å²) >= 11 is 0. The van der Waals surface area contributed by atoms with Crippen LogP contribution in [0.3, 0.4) is 0 Å². The lowest BCUT2D eigenvalue weighted by molar-refractivity contribution is 0.408. The number of anilines is 1. The summed E-state index contributed by atoms with van der Waals surface area (Å²) in [4.78, 5) is 4.33. The molecule has 0 saturated carbocycles. The van der Waals surface area contributed by atoms with Gasteiger partial charge in [-0.3, -0.25) is 0 Å².